The maximum absolute atomic E-state index is 12.2. The van der Waals surface area contributed by atoms with Crippen molar-refractivity contribution in [1.82, 2.24) is 20.2 Å². The highest BCUT2D eigenvalue weighted by atomic mass is 32.2. The molecule has 28 heavy (non-hydrogen) atoms. The lowest BCUT2D eigenvalue weighted by atomic mass is 10.1. The Kier molecular flexibility index (Phi) is 6.77. The molecule has 2 heterocycles. The van der Waals surface area contributed by atoms with Crippen LogP contribution in [0.2, 0.25) is 0 Å². The molecule has 2 aromatic heterocycles. The Bertz CT molecular complexity index is 951. The molecular weight excluding hydrogens is 396 g/mol. The van der Waals surface area contributed by atoms with Crippen LogP contribution in [0.15, 0.2) is 40.9 Å². The number of aryl methyl sites for hydroxylation is 1. The second-order valence-corrected chi connectivity index (χ2v) is 7.87. The number of amides is 2. The predicted molar refractivity (Wildman–Crippen MR) is 110 cm³/mol. The van der Waals surface area contributed by atoms with Crippen LogP contribution in [0.1, 0.15) is 35.7 Å². The minimum absolute atomic E-state index is 0.102. The Hall–Kier alpha value is -2.72. The molecule has 0 unspecified atom stereocenters. The Morgan fingerprint density at radius 1 is 1.25 bits per heavy atom. The molecule has 0 fully saturated rings. The number of anilines is 1. The van der Waals surface area contributed by atoms with Crippen LogP contribution in [0.3, 0.4) is 0 Å². The first-order valence-electron chi connectivity index (χ1n) is 8.76. The molecule has 0 saturated heterocycles. The van der Waals surface area contributed by atoms with Crippen LogP contribution in [-0.4, -0.2) is 37.8 Å². The van der Waals surface area contributed by atoms with E-state index in [0.29, 0.717) is 15.7 Å². The number of rotatable bonds is 9. The summed E-state index contributed by atoms with van der Waals surface area (Å²) >= 11 is 2.46. The van der Waals surface area contributed by atoms with Crippen molar-refractivity contribution in [3.63, 3.8) is 0 Å². The summed E-state index contributed by atoms with van der Waals surface area (Å²) in [6.07, 6.45) is 3.36. The molecule has 0 saturated carbocycles. The highest BCUT2D eigenvalue weighted by molar-refractivity contribution is 7.99. The van der Waals surface area contributed by atoms with Crippen LogP contribution in [-0.2, 0) is 11.2 Å². The zero-order chi connectivity index (χ0) is 19.9. The number of nitrogens with two attached hydrogens (primary N) is 1. The average Bonchev–Trinajstić information content (AvgIpc) is 3.34. The number of benzene rings is 1. The molecule has 0 aliphatic heterocycles. The number of nitrogens with one attached hydrogen (secondary N) is 1. The number of carbonyl (C=O) groups excluding carboxylic acids is 2. The number of thioether (sulfide) groups is 1. The van der Waals surface area contributed by atoms with Crippen LogP contribution in [0.4, 0.5) is 5.00 Å². The lowest BCUT2D eigenvalue weighted by Crippen LogP contribution is -2.18. The first-order chi connectivity index (χ1) is 13.6. The van der Waals surface area contributed by atoms with Crippen LogP contribution in [0.5, 0.6) is 0 Å². The fourth-order valence-electron chi connectivity index (χ4n) is 2.51. The summed E-state index contributed by atoms with van der Waals surface area (Å²) in [7, 11) is 0. The van der Waals surface area contributed by atoms with Gasteiger partial charge in [-0.25, -0.2) is 0 Å². The van der Waals surface area contributed by atoms with E-state index in [1.807, 2.05) is 12.1 Å². The Morgan fingerprint density at radius 3 is 2.75 bits per heavy atom. The number of thiophene rings is 1. The van der Waals surface area contributed by atoms with Gasteiger partial charge in [0, 0.05) is 0 Å². The molecule has 146 valence electrons. The van der Waals surface area contributed by atoms with Crippen LogP contribution < -0.4 is 11.1 Å². The summed E-state index contributed by atoms with van der Waals surface area (Å²) in [5, 5.41) is 17.1. The number of unbranched alkanes of at least 4 members (excludes halogenated alkanes) is 1. The predicted octanol–water partition coefficient (Wildman–Crippen LogP) is 2.90. The SMILES string of the molecule is CCCCc1ccc(-n2nnnc2SCC(=O)Nc2sccc2C(N)=O)cc1. The van der Waals surface area contributed by atoms with Gasteiger partial charge in [-0.1, -0.05) is 37.2 Å². The van der Waals surface area contributed by atoms with Crippen molar-refractivity contribution in [3.8, 4) is 5.69 Å². The van der Waals surface area contributed by atoms with Crippen molar-refractivity contribution >= 4 is 39.9 Å². The lowest BCUT2D eigenvalue weighted by molar-refractivity contribution is -0.113. The Labute approximate surface area is 170 Å². The summed E-state index contributed by atoms with van der Waals surface area (Å²) in [4.78, 5) is 23.6. The van der Waals surface area contributed by atoms with E-state index < -0.39 is 5.91 Å². The van der Waals surface area contributed by atoms with E-state index in [9.17, 15) is 9.59 Å². The number of hydrogen-bond donors (Lipinski definition) is 2. The number of tetrazole rings is 1. The van der Waals surface area contributed by atoms with Gasteiger partial charge >= 0.3 is 0 Å². The van der Waals surface area contributed by atoms with Crippen molar-refractivity contribution in [2.45, 2.75) is 31.3 Å². The molecule has 10 heteroatoms. The van der Waals surface area contributed by atoms with Crippen molar-refractivity contribution in [2.24, 2.45) is 5.73 Å². The van der Waals surface area contributed by atoms with Crippen molar-refractivity contribution in [2.75, 3.05) is 11.1 Å². The number of carbonyl (C=O) groups is 2. The number of primary amides is 1. The molecule has 3 aromatic rings. The average molecular weight is 417 g/mol. The minimum Gasteiger partial charge on any atom is -0.366 e. The summed E-state index contributed by atoms with van der Waals surface area (Å²) in [5.74, 6) is -0.736. The summed E-state index contributed by atoms with van der Waals surface area (Å²) < 4.78 is 1.60. The molecule has 3 N–H and O–H groups in total. The number of hydrogen-bond acceptors (Lipinski definition) is 7. The van der Waals surface area contributed by atoms with Gasteiger partial charge in [-0.05, 0) is 52.4 Å². The molecule has 0 atom stereocenters. The molecule has 2 amide bonds. The largest absolute Gasteiger partial charge is 0.366 e. The molecule has 8 nitrogen and oxygen atoms in total. The van der Waals surface area contributed by atoms with Crippen molar-refractivity contribution < 1.29 is 9.59 Å². The van der Waals surface area contributed by atoms with Gasteiger partial charge in [0.2, 0.25) is 11.1 Å². The smallest absolute Gasteiger partial charge is 0.251 e. The van der Waals surface area contributed by atoms with Gasteiger partial charge in [-0.3, -0.25) is 9.59 Å². The number of nitrogens with zero attached hydrogens (tertiary/aromatic N) is 4. The highest BCUT2D eigenvalue weighted by Gasteiger charge is 2.15. The normalized spacial score (nSPS) is 10.8. The van der Waals surface area contributed by atoms with Gasteiger partial charge in [0.25, 0.3) is 5.91 Å². The molecule has 0 radical (unpaired) electrons. The van der Waals surface area contributed by atoms with Crippen LogP contribution in [0.25, 0.3) is 5.69 Å². The summed E-state index contributed by atoms with van der Waals surface area (Å²) in [6.45, 7) is 2.17. The zero-order valence-corrected chi connectivity index (χ0v) is 16.9. The second-order valence-electron chi connectivity index (χ2n) is 6.01. The molecule has 0 spiro atoms. The monoisotopic (exact) mass is 416 g/mol. The van der Waals surface area contributed by atoms with E-state index in [0.717, 1.165) is 24.9 Å². The lowest BCUT2D eigenvalue weighted by Gasteiger charge is -2.06. The third-order valence-corrected chi connectivity index (χ3v) is 5.71. The first-order valence-corrected chi connectivity index (χ1v) is 10.6. The van der Waals surface area contributed by atoms with E-state index in [2.05, 4.69) is 39.9 Å². The standard InChI is InChI=1S/C18H20N6O2S2/c1-2-3-4-12-5-7-13(8-6-12)24-18(21-22-23-24)28-11-15(25)20-17-14(16(19)26)9-10-27-17/h5-10H,2-4,11H2,1H3,(H2,19,26)(H,20,25). The van der Waals surface area contributed by atoms with E-state index in [1.165, 1.54) is 28.7 Å². The third kappa shape index (κ3) is 4.96. The topological polar surface area (TPSA) is 116 Å². The van der Waals surface area contributed by atoms with Crippen molar-refractivity contribution in [1.29, 1.82) is 0 Å². The van der Waals surface area contributed by atoms with Crippen LogP contribution in [0, 0.1) is 0 Å². The maximum Gasteiger partial charge on any atom is 0.251 e. The van der Waals surface area contributed by atoms with Gasteiger partial charge in [0.1, 0.15) is 5.00 Å². The Balaban J connectivity index is 1.62. The molecule has 3 rings (SSSR count). The van der Waals surface area contributed by atoms with Gasteiger partial charge in [-0.2, -0.15) is 4.68 Å². The molecule has 0 bridgehead atoms. The van der Waals surface area contributed by atoms with Crippen LogP contribution >= 0.6 is 23.1 Å². The highest BCUT2D eigenvalue weighted by Crippen LogP contribution is 2.24. The van der Waals surface area contributed by atoms with E-state index >= 15 is 0 Å². The van der Waals surface area contributed by atoms with Gasteiger partial charge in [-0.15, -0.1) is 16.4 Å². The van der Waals surface area contributed by atoms with Gasteiger partial charge in [0.05, 0.1) is 17.0 Å². The van der Waals surface area contributed by atoms with E-state index in [4.69, 9.17) is 5.73 Å². The van der Waals surface area contributed by atoms with E-state index in [1.54, 1.807) is 16.1 Å². The quantitative estimate of drug-likeness (QED) is 0.518. The number of aromatic nitrogens is 4. The zero-order valence-electron chi connectivity index (χ0n) is 15.3. The third-order valence-electron chi connectivity index (χ3n) is 3.96. The van der Waals surface area contributed by atoms with Crippen molar-refractivity contribution in [3.05, 3.63) is 46.8 Å². The van der Waals surface area contributed by atoms with E-state index in [-0.39, 0.29) is 11.7 Å². The summed E-state index contributed by atoms with van der Waals surface area (Å²) in [6, 6.07) is 9.65. The molecule has 1 aromatic carbocycles. The second kappa shape index (κ2) is 9.47. The Morgan fingerprint density at radius 2 is 2.04 bits per heavy atom. The fourth-order valence-corrected chi connectivity index (χ4v) is 4.01. The van der Waals surface area contributed by atoms with Gasteiger partial charge < -0.3 is 11.1 Å². The minimum atomic E-state index is -0.574. The maximum atomic E-state index is 12.2. The summed E-state index contributed by atoms with van der Waals surface area (Å²) in [5.41, 5.74) is 7.70. The first kappa shape index (κ1) is 20.0. The molecular formula is C18H20N6O2S2. The fraction of sp³-hybridized carbons (Fsp3) is 0.278. The molecule has 0 aliphatic carbocycles. The molecule has 0 aliphatic rings. The van der Waals surface area contributed by atoms with Gasteiger partial charge in [0.15, 0.2) is 0 Å².